The highest BCUT2D eigenvalue weighted by Gasteiger charge is 2.17. The van der Waals surface area contributed by atoms with Crippen molar-refractivity contribution < 1.29 is 14.7 Å². The summed E-state index contributed by atoms with van der Waals surface area (Å²) in [4.78, 5) is 21.9. The molecule has 0 heterocycles. The number of carbonyl (C=O) groups is 2. The van der Waals surface area contributed by atoms with Crippen LogP contribution in [0.15, 0.2) is 0 Å². The van der Waals surface area contributed by atoms with Gasteiger partial charge in [-0.1, -0.05) is 13.3 Å². The maximum atomic E-state index is 11.5. The number of carbonyl (C=O) groups excluding carboxylic acids is 1. The number of aliphatic carboxylic acids is 1. The number of nitrogens with one attached hydrogen (secondary N) is 1. The van der Waals surface area contributed by atoms with Gasteiger partial charge in [0.2, 0.25) is 5.91 Å². The average molecular weight is 248 g/mol. The quantitative estimate of drug-likeness (QED) is 0.542. The van der Waals surface area contributed by atoms with E-state index in [-0.39, 0.29) is 16.9 Å². The van der Waals surface area contributed by atoms with Crippen LogP contribution in [-0.4, -0.2) is 40.6 Å². The van der Waals surface area contributed by atoms with E-state index in [0.29, 0.717) is 6.54 Å². The van der Waals surface area contributed by atoms with Gasteiger partial charge in [0.05, 0.1) is 5.25 Å². The maximum Gasteiger partial charge on any atom is 0.321 e. The molecule has 0 aliphatic heterocycles. The summed E-state index contributed by atoms with van der Waals surface area (Å²) in [5, 5.41) is 11.1. The summed E-state index contributed by atoms with van der Waals surface area (Å²) in [5.74, 6) is -0.848. The lowest BCUT2D eigenvalue weighted by atomic mass is 10.3. The first-order chi connectivity index (χ1) is 7.49. The zero-order valence-electron chi connectivity index (χ0n) is 9.73. The molecule has 2 atom stereocenters. The molecule has 16 heavy (non-hydrogen) atoms. The number of hydrogen-bond donors (Lipinski definition) is 3. The number of thioether (sulfide) groups is 1. The van der Waals surface area contributed by atoms with E-state index in [1.54, 1.807) is 6.92 Å². The molecule has 94 valence electrons. The normalized spacial score (nSPS) is 14.2. The highest BCUT2D eigenvalue weighted by Crippen LogP contribution is 2.11. The molecule has 1 amide bonds. The van der Waals surface area contributed by atoms with E-state index >= 15 is 0 Å². The number of rotatable bonds is 8. The molecule has 0 aromatic rings. The highest BCUT2D eigenvalue weighted by molar-refractivity contribution is 8.00. The second-order valence-electron chi connectivity index (χ2n) is 3.56. The zero-order chi connectivity index (χ0) is 12.6. The summed E-state index contributed by atoms with van der Waals surface area (Å²) < 4.78 is 0. The Morgan fingerprint density at radius 3 is 2.62 bits per heavy atom. The Morgan fingerprint density at radius 1 is 1.50 bits per heavy atom. The van der Waals surface area contributed by atoms with Gasteiger partial charge < -0.3 is 16.2 Å². The van der Waals surface area contributed by atoms with Crippen LogP contribution in [-0.2, 0) is 9.59 Å². The molecule has 0 saturated heterocycles. The Kier molecular flexibility index (Phi) is 8.01. The van der Waals surface area contributed by atoms with Gasteiger partial charge in [-0.3, -0.25) is 9.59 Å². The molecule has 6 heteroatoms. The van der Waals surface area contributed by atoms with E-state index in [9.17, 15) is 9.59 Å². The molecule has 0 fully saturated rings. The van der Waals surface area contributed by atoms with Crippen LogP contribution < -0.4 is 11.1 Å². The van der Waals surface area contributed by atoms with Crippen molar-refractivity contribution in [3.63, 3.8) is 0 Å². The Balaban J connectivity index is 3.74. The number of amides is 1. The molecular formula is C10H20N2O3S. The maximum absolute atomic E-state index is 11.5. The van der Waals surface area contributed by atoms with E-state index in [1.807, 2.05) is 0 Å². The van der Waals surface area contributed by atoms with E-state index < -0.39 is 12.0 Å². The minimum Gasteiger partial charge on any atom is -0.480 e. The zero-order valence-corrected chi connectivity index (χ0v) is 10.5. The van der Waals surface area contributed by atoms with Gasteiger partial charge in [-0.25, -0.2) is 0 Å². The molecule has 0 spiro atoms. The van der Waals surface area contributed by atoms with Crippen LogP contribution in [0.2, 0.25) is 0 Å². The average Bonchev–Trinajstić information content (AvgIpc) is 2.25. The van der Waals surface area contributed by atoms with Gasteiger partial charge in [0.15, 0.2) is 0 Å². The van der Waals surface area contributed by atoms with E-state index in [4.69, 9.17) is 10.8 Å². The van der Waals surface area contributed by atoms with Gasteiger partial charge in [-0.05, 0) is 13.3 Å². The fraction of sp³-hybridized carbons (Fsp3) is 0.800. The van der Waals surface area contributed by atoms with E-state index in [2.05, 4.69) is 12.2 Å². The van der Waals surface area contributed by atoms with Gasteiger partial charge in [-0.2, -0.15) is 0 Å². The lowest BCUT2D eigenvalue weighted by Crippen LogP contribution is -2.36. The first kappa shape index (κ1) is 15.2. The fourth-order valence-electron chi connectivity index (χ4n) is 0.927. The monoisotopic (exact) mass is 248 g/mol. The van der Waals surface area contributed by atoms with Gasteiger partial charge in [0.25, 0.3) is 0 Å². The third kappa shape index (κ3) is 6.68. The summed E-state index contributed by atoms with van der Waals surface area (Å²) in [6.45, 7) is 4.47. The molecule has 0 aliphatic rings. The number of carboxylic acids is 1. The number of hydrogen-bond acceptors (Lipinski definition) is 4. The lowest BCUT2D eigenvalue weighted by molar-refractivity contribution is -0.138. The van der Waals surface area contributed by atoms with Crippen LogP contribution in [0, 0.1) is 0 Å². The molecule has 4 N–H and O–H groups in total. The van der Waals surface area contributed by atoms with Crippen molar-refractivity contribution in [1.82, 2.24) is 5.32 Å². The topological polar surface area (TPSA) is 92.4 Å². The first-order valence-electron chi connectivity index (χ1n) is 5.36. The molecule has 0 rings (SSSR count). The minimum absolute atomic E-state index is 0.0592. The van der Waals surface area contributed by atoms with Gasteiger partial charge >= 0.3 is 5.97 Å². The summed E-state index contributed by atoms with van der Waals surface area (Å²) in [6.07, 6.45) is 1.99. The second kappa shape index (κ2) is 8.41. The van der Waals surface area contributed by atoms with Crippen LogP contribution in [0.5, 0.6) is 0 Å². The Labute approximate surface area is 100 Å². The largest absolute Gasteiger partial charge is 0.480 e. The predicted molar refractivity (Wildman–Crippen MR) is 65.4 cm³/mol. The van der Waals surface area contributed by atoms with Crippen LogP contribution in [0.4, 0.5) is 0 Å². The molecule has 0 bridgehead atoms. The van der Waals surface area contributed by atoms with Crippen molar-refractivity contribution in [2.24, 2.45) is 5.73 Å². The van der Waals surface area contributed by atoms with E-state index in [0.717, 1.165) is 12.8 Å². The van der Waals surface area contributed by atoms with Crippen molar-refractivity contribution >= 4 is 23.6 Å². The smallest absolute Gasteiger partial charge is 0.321 e. The number of nitrogens with two attached hydrogens (primary N) is 1. The number of carboxylic acid groups (broad SMARTS) is 1. The molecule has 2 unspecified atom stereocenters. The molecule has 0 saturated carbocycles. The van der Waals surface area contributed by atoms with Crippen LogP contribution in [0.25, 0.3) is 0 Å². The first-order valence-corrected chi connectivity index (χ1v) is 6.41. The summed E-state index contributed by atoms with van der Waals surface area (Å²) in [6, 6.07) is -0.907. The molecule has 0 aliphatic carbocycles. The lowest BCUT2D eigenvalue weighted by Gasteiger charge is -2.13. The Bertz CT molecular complexity index is 236. The minimum atomic E-state index is -1.04. The van der Waals surface area contributed by atoms with Crippen molar-refractivity contribution in [3.05, 3.63) is 0 Å². The van der Waals surface area contributed by atoms with Crippen LogP contribution in [0.3, 0.4) is 0 Å². The van der Waals surface area contributed by atoms with E-state index in [1.165, 1.54) is 11.8 Å². The molecule has 5 nitrogen and oxygen atoms in total. The number of unbranched alkanes of at least 4 members (excludes halogenated alkanes) is 1. The Hall–Kier alpha value is -0.750. The predicted octanol–water partition coefficient (Wildman–Crippen LogP) is 0.436. The van der Waals surface area contributed by atoms with Crippen molar-refractivity contribution in [2.45, 2.75) is 38.0 Å². The molecular weight excluding hydrogens is 228 g/mol. The molecule has 0 aromatic carbocycles. The van der Waals surface area contributed by atoms with Crippen molar-refractivity contribution in [2.75, 3.05) is 12.3 Å². The van der Waals surface area contributed by atoms with Crippen LogP contribution >= 0.6 is 11.8 Å². The summed E-state index contributed by atoms with van der Waals surface area (Å²) >= 11 is 1.26. The van der Waals surface area contributed by atoms with Gasteiger partial charge in [-0.15, -0.1) is 11.8 Å². The van der Waals surface area contributed by atoms with Crippen molar-refractivity contribution in [3.8, 4) is 0 Å². The SMILES string of the molecule is CCCCNC(=O)C(C)SCC(N)C(=O)O. The third-order valence-corrected chi connectivity index (χ3v) is 3.31. The van der Waals surface area contributed by atoms with Gasteiger partial charge in [0.1, 0.15) is 6.04 Å². The second-order valence-corrected chi connectivity index (χ2v) is 4.94. The summed E-state index contributed by atoms with van der Waals surface area (Å²) in [5.41, 5.74) is 5.33. The molecule has 0 aromatic heterocycles. The fourth-order valence-corrected chi connectivity index (χ4v) is 1.80. The standard InChI is InChI=1S/C10H20N2O3S/c1-3-4-5-12-9(13)7(2)16-6-8(11)10(14)15/h7-8H,3-6,11H2,1-2H3,(H,12,13)(H,14,15). The highest BCUT2D eigenvalue weighted by atomic mass is 32.2. The third-order valence-electron chi connectivity index (χ3n) is 2.04. The summed E-state index contributed by atoms with van der Waals surface area (Å²) in [7, 11) is 0. The Morgan fingerprint density at radius 2 is 2.12 bits per heavy atom. The van der Waals surface area contributed by atoms with Crippen LogP contribution in [0.1, 0.15) is 26.7 Å². The van der Waals surface area contributed by atoms with Gasteiger partial charge in [0, 0.05) is 12.3 Å². The molecule has 0 radical (unpaired) electrons. The van der Waals surface area contributed by atoms with Crippen molar-refractivity contribution in [1.29, 1.82) is 0 Å².